The molecule has 0 saturated heterocycles. The van der Waals surface area contributed by atoms with E-state index in [-0.39, 0.29) is 5.91 Å². The van der Waals surface area contributed by atoms with E-state index >= 15 is 0 Å². The maximum Gasteiger partial charge on any atom is 0.339 e. The van der Waals surface area contributed by atoms with Gasteiger partial charge in [0.25, 0.3) is 5.91 Å². The highest BCUT2D eigenvalue weighted by molar-refractivity contribution is 6.02. The van der Waals surface area contributed by atoms with Gasteiger partial charge < -0.3 is 14.8 Å². The average Bonchev–Trinajstić information content (AvgIpc) is 2.67. The molecule has 0 aliphatic carbocycles. The summed E-state index contributed by atoms with van der Waals surface area (Å²) in [6.07, 6.45) is 0.263. The van der Waals surface area contributed by atoms with Gasteiger partial charge in [0.05, 0.1) is 18.4 Å². The number of carbonyl (C=O) groups excluding carboxylic acids is 2. The molecule has 0 spiro atoms. The van der Waals surface area contributed by atoms with Crippen LogP contribution in [0.3, 0.4) is 0 Å². The Kier molecular flexibility index (Phi) is 6.78. The fourth-order valence-electron chi connectivity index (χ4n) is 2.57. The molecular formula is C21H25NO4. The van der Waals surface area contributed by atoms with Gasteiger partial charge in [-0.1, -0.05) is 44.2 Å². The van der Waals surface area contributed by atoms with Crippen LogP contribution in [-0.2, 0) is 9.53 Å². The molecule has 0 bridgehead atoms. The predicted molar refractivity (Wildman–Crippen MR) is 102 cm³/mol. The molecule has 2 aromatic carbocycles. The van der Waals surface area contributed by atoms with E-state index in [4.69, 9.17) is 9.47 Å². The lowest BCUT2D eigenvalue weighted by Crippen LogP contribution is -2.31. The summed E-state index contributed by atoms with van der Waals surface area (Å²) in [5.41, 5.74) is 1.77. The zero-order valence-electron chi connectivity index (χ0n) is 15.6. The average molecular weight is 355 g/mol. The van der Waals surface area contributed by atoms with Gasteiger partial charge in [-0.3, -0.25) is 4.79 Å². The normalized spacial score (nSPS) is 12.8. The van der Waals surface area contributed by atoms with Crippen LogP contribution in [0, 0.1) is 0 Å². The van der Waals surface area contributed by atoms with Gasteiger partial charge in [0, 0.05) is 0 Å². The van der Waals surface area contributed by atoms with E-state index in [1.807, 2.05) is 24.3 Å². The second-order valence-electron chi connectivity index (χ2n) is 6.13. The van der Waals surface area contributed by atoms with Crippen LogP contribution in [0.1, 0.15) is 49.0 Å². The molecule has 0 aliphatic heterocycles. The van der Waals surface area contributed by atoms with Crippen molar-refractivity contribution in [3.63, 3.8) is 0 Å². The highest BCUT2D eigenvalue weighted by Gasteiger charge is 2.20. The van der Waals surface area contributed by atoms with Gasteiger partial charge in [-0.2, -0.15) is 0 Å². The minimum atomic E-state index is -0.717. The standard InChI is InChI=1S/C21H25NO4/c1-5-14(2)16-10-7-9-13-19(16)26-15(3)20(23)22-18-12-8-6-11-17(18)21(24)25-4/h6-15H,5H2,1-4H3,(H,22,23). The van der Waals surface area contributed by atoms with Crippen LogP contribution in [0.15, 0.2) is 48.5 Å². The summed E-state index contributed by atoms with van der Waals surface area (Å²) in [7, 11) is 1.30. The van der Waals surface area contributed by atoms with Crippen molar-refractivity contribution in [2.24, 2.45) is 0 Å². The maximum absolute atomic E-state index is 12.5. The first-order chi connectivity index (χ1) is 12.5. The fraction of sp³-hybridized carbons (Fsp3) is 0.333. The summed E-state index contributed by atoms with van der Waals surface area (Å²) in [6, 6.07) is 14.4. The first kappa shape index (κ1) is 19.5. The van der Waals surface area contributed by atoms with Crippen molar-refractivity contribution < 1.29 is 19.1 Å². The van der Waals surface area contributed by atoms with Crippen molar-refractivity contribution >= 4 is 17.6 Å². The molecule has 0 fully saturated rings. The number of benzene rings is 2. The molecule has 26 heavy (non-hydrogen) atoms. The van der Waals surface area contributed by atoms with E-state index < -0.39 is 12.1 Å². The lowest BCUT2D eigenvalue weighted by molar-refractivity contribution is -0.122. The van der Waals surface area contributed by atoms with E-state index in [1.54, 1.807) is 31.2 Å². The molecule has 0 heterocycles. The van der Waals surface area contributed by atoms with Crippen molar-refractivity contribution in [1.82, 2.24) is 0 Å². The molecule has 2 rings (SSSR count). The highest BCUT2D eigenvalue weighted by atomic mass is 16.5. The van der Waals surface area contributed by atoms with Crippen LogP contribution < -0.4 is 10.1 Å². The summed E-state index contributed by atoms with van der Waals surface area (Å²) in [5, 5.41) is 2.74. The van der Waals surface area contributed by atoms with Gasteiger partial charge in [0.2, 0.25) is 0 Å². The Hall–Kier alpha value is -2.82. The first-order valence-electron chi connectivity index (χ1n) is 8.71. The maximum atomic E-state index is 12.5. The van der Waals surface area contributed by atoms with Gasteiger partial charge in [-0.05, 0) is 43.0 Å². The third-order valence-corrected chi connectivity index (χ3v) is 4.33. The Morgan fingerprint density at radius 2 is 1.69 bits per heavy atom. The number of anilines is 1. The van der Waals surface area contributed by atoms with E-state index in [9.17, 15) is 9.59 Å². The second kappa shape index (κ2) is 9.04. The summed E-state index contributed by atoms with van der Waals surface area (Å²) >= 11 is 0. The van der Waals surface area contributed by atoms with Gasteiger partial charge in [-0.25, -0.2) is 4.79 Å². The molecule has 0 aromatic heterocycles. The molecule has 2 atom stereocenters. The summed E-state index contributed by atoms with van der Waals surface area (Å²) in [6.45, 7) is 5.92. The molecule has 1 N–H and O–H groups in total. The molecule has 0 radical (unpaired) electrons. The zero-order chi connectivity index (χ0) is 19.1. The van der Waals surface area contributed by atoms with Crippen LogP contribution >= 0.6 is 0 Å². The van der Waals surface area contributed by atoms with Crippen molar-refractivity contribution in [2.45, 2.75) is 39.2 Å². The molecule has 1 amide bonds. The number of carbonyl (C=O) groups is 2. The Morgan fingerprint density at radius 3 is 2.38 bits per heavy atom. The van der Waals surface area contributed by atoms with E-state index in [0.717, 1.165) is 12.0 Å². The number of hydrogen-bond acceptors (Lipinski definition) is 4. The second-order valence-corrected chi connectivity index (χ2v) is 6.13. The number of amides is 1. The van der Waals surface area contributed by atoms with Crippen LogP contribution in [0.5, 0.6) is 5.75 Å². The van der Waals surface area contributed by atoms with Gasteiger partial charge in [0.15, 0.2) is 6.10 Å². The molecule has 2 aromatic rings. The number of para-hydroxylation sites is 2. The van der Waals surface area contributed by atoms with Crippen LogP contribution in [0.4, 0.5) is 5.69 Å². The fourth-order valence-corrected chi connectivity index (χ4v) is 2.57. The Morgan fingerprint density at radius 1 is 1.04 bits per heavy atom. The first-order valence-corrected chi connectivity index (χ1v) is 8.71. The Bertz CT molecular complexity index is 772. The minimum absolute atomic E-state index is 0.301. The molecular weight excluding hydrogens is 330 g/mol. The molecule has 0 aliphatic rings. The largest absolute Gasteiger partial charge is 0.481 e. The third kappa shape index (κ3) is 4.63. The van der Waals surface area contributed by atoms with Gasteiger partial charge in [-0.15, -0.1) is 0 Å². The molecule has 5 nitrogen and oxygen atoms in total. The van der Waals surface area contributed by atoms with Gasteiger partial charge in [0.1, 0.15) is 5.75 Å². The number of rotatable bonds is 7. The quantitative estimate of drug-likeness (QED) is 0.748. The molecule has 0 saturated carbocycles. The molecule has 138 valence electrons. The van der Waals surface area contributed by atoms with Crippen LogP contribution in [0.2, 0.25) is 0 Å². The van der Waals surface area contributed by atoms with Crippen LogP contribution in [0.25, 0.3) is 0 Å². The lowest BCUT2D eigenvalue weighted by Gasteiger charge is -2.20. The van der Waals surface area contributed by atoms with Crippen molar-refractivity contribution in [2.75, 3.05) is 12.4 Å². The smallest absolute Gasteiger partial charge is 0.339 e. The topological polar surface area (TPSA) is 64.6 Å². The predicted octanol–water partition coefficient (Wildman–Crippen LogP) is 4.39. The molecule has 5 heteroatoms. The highest BCUT2D eigenvalue weighted by Crippen LogP contribution is 2.29. The van der Waals surface area contributed by atoms with E-state index in [0.29, 0.717) is 22.9 Å². The minimum Gasteiger partial charge on any atom is -0.481 e. The Balaban J connectivity index is 2.14. The van der Waals surface area contributed by atoms with Crippen molar-refractivity contribution in [3.8, 4) is 5.75 Å². The summed E-state index contributed by atoms with van der Waals surface area (Å²) in [5.74, 6) is 0.198. The number of hydrogen-bond donors (Lipinski definition) is 1. The monoisotopic (exact) mass is 355 g/mol. The molecule has 2 unspecified atom stereocenters. The van der Waals surface area contributed by atoms with E-state index in [2.05, 4.69) is 19.2 Å². The number of esters is 1. The van der Waals surface area contributed by atoms with Crippen molar-refractivity contribution in [1.29, 1.82) is 0 Å². The lowest BCUT2D eigenvalue weighted by atomic mass is 9.98. The summed E-state index contributed by atoms with van der Waals surface area (Å²) < 4.78 is 10.6. The SMILES string of the molecule is CCC(C)c1ccccc1OC(C)C(=O)Nc1ccccc1C(=O)OC. The summed E-state index contributed by atoms with van der Waals surface area (Å²) in [4.78, 5) is 24.4. The van der Waals surface area contributed by atoms with Gasteiger partial charge >= 0.3 is 5.97 Å². The zero-order valence-corrected chi connectivity index (χ0v) is 15.6. The Labute approximate surface area is 154 Å². The number of ether oxygens (including phenoxy) is 2. The number of methoxy groups -OCH3 is 1. The third-order valence-electron chi connectivity index (χ3n) is 4.33. The number of nitrogens with one attached hydrogen (secondary N) is 1. The van der Waals surface area contributed by atoms with E-state index in [1.165, 1.54) is 7.11 Å². The van der Waals surface area contributed by atoms with Crippen molar-refractivity contribution in [3.05, 3.63) is 59.7 Å². The van der Waals surface area contributed by atoms with Crippen LogP contribution in [-0.4, -0.2) is 25.1 Å².